The second kappa shape index (κ2) is 7.26. The van der Waals surface area contributed by atoms with E-state index in [1.807, 2.05) is 25.1 Å². The third-order valence-electron chi connectivity index (χ3n) is 3.81. The molecule has 0 aliphatic carbocycles. The first-order valence-corrected chi connectivity index (χ1v) is 8.09. The monoisotopic (exact) mass is 336 g/mol. The summed E-state index contributed by atoms with van der Waals surface area (Å²) in [7, 11) is 0. The van der Waals surface area contributed by atoms with Gasteiger partial charge in [0.15, 0.2) is 0 Å². The van der Waals surface area contributed by atoms with Crippen molar-refractivity contribution in [3.05, 3.63) is 76.9 Å². The van der Waals surface area contributed by atoms with Crippen molar-refractivity contribution in [3.63, 3.8) is 0 Å². The van der Waals surface area contributed by atoms with E-state index in [0.717, 1.165) is 22.8 Å². The summed E-state index contributed by atoms with van der Waals surface area (Å²) < 4.78 is 16.7. The predicted octanol–water partition coefficient (Wildman–Crippen LogP) is 5.39. The van der Waals surface area contributed by atoms with E-state index in [-0.39, 0.29) is 0 Å². The van der Waals surface area contributed by atoms with Crippen molar-refractivity contribution in [3.8, 4) is 5.75 Å². The van der Waals surface area contributed by atoms with Gasteiger partial charge in [-0.1, -0.05) is 29.9 Å². The Balaban J connectivity index is 1.86. The minimum absolute atomic E-state index is 0.399. The molecule has 0 radical (unpaired) electrons. The Morgan fingerprint density at radius 1 is 1.20 bits per heavy atom. The van der Waals surface area contributed by atoms with Crippen LogP contribution in [0.5, 0.6) is 5.75 Å². The Morgan fingerprint density at radius 2 is 2.00 bits per heavy atom. The molecule has 0 bridgehead atoms. The molecule has 0 amide bonds. The average Bonchev–Trinajstić information content (AvgIpc) is 3.01. The molecular weight excluding hydrogens is 316 g/mol. The third-order valence-corrected chi connectivity index (χ3v) is 3.81. The molecule has 0 saturated heterocycles. The first-order valence-electron chi connectivity index (χ1n) is 8.09. The first-order chi connectivity index (χ1) is 12.0. The van der Waals surface area contributed by atoms with Crippen LogP contribution in [0.3, 0.4) is 0 Å². The molecule has 2 aromatic heterocycles. The van der Waals surface area contributed by atoms with Gasteiger partial charge in [0.2, 0.25) is 0 Å². The normalized spacial score (nSPS) is 12.3. The van der Waals surface area contributed by atoms with E-state index in [1.54, 1.807) is 18.4 Å². The van der Waals surface area contributed by atoms with Crippen molar-refractivity contribution >= 4 is 21.9 Å². The molecular formula is C21H20O4. The van der Waals surface area contributed by atoms with Crippen LogP contribution in [0, 0.1) is 0 Å². The van der Waals surface area contributed by atoms with Gasteiger partial charge >= 0.3 is 5.63 Å². The van der Waals surface area contributed by atoms with Gasteiger partial charge < -0.3 is 13.6 Å². The number of ether oxygens (including phenoxy) is 1. The summed E-state index contributed by atoms with van der Waals surface area (Å²) in [6, 6.07) is 6.67. The zero-order valence-corrected chi connectivity index (χ0v) is 14.4. The summed E-state index contributed by atoms with van der Waals surface area (Å²) in [6.45, 7) is 8.29. The minimum atomic E-state index is -0.399. The molecule has 4 nitrogen and oxygen atoms in total. The van der Waals surface area contributed by atoms with E-state index in [2.05, 4.69) is 19.6 Å². The van der Waals surface area contributed by atoms with E-state index >= 15 is 0 Å². The molecule has 1 aromatic carbocycles. The standard InChI is InChI=1S/C21H20O4/c1-14(2)5-4-6-15(3)9-11-24-21-16-7-8-20(22)25-19(16)13-18-17(21)10-12-23-18/h4-5,7-10,12-13H,1,6,11H2,2-3H3. The Kier molecular flexibility index (Phi) is 4.89. The summed E-state index contributed by atoms with van der Waals surface area (Å²) in [5.41, 5.74) is 2.91. The lowest BCUT2D eigenvalue weighted by Crippen LogP contribution is -1.99. The maximum absolute atomic E-state index is 11.5. The smallest absolute Gasteiger partial charge is 0.336 e. The summed E-state index contributed by atoms with van der Waals surface area (Å²) in [6.07, 6.45) is 8.56. The largest absolute Gasteiger partial charge is 0.488 e. The van der Waals surface area contributed by atoms with Crippen LogP contribution in [-0.2, 0) is 0 Å². The van der Waals surface area contributed by atoms with E-state index in [1.165, 1.54) is 11.6 Å². The van der Waals surface area contributed by atoms with Crippen LogP contribution in [0.15, 0.2) is 80.1 Å². The summed E-state index contributed by atoms with van der Waals surface area (Å²) >= 11 is 0. The van der Waals surface area contributed by atoms with Gasteiger partial charge in [0.05, 0.1) is 17.0 Å². The van der Waals surface area contributed by atoms with Crippen LogP contribution in [-0.4, -0.2) is 6.61 Å². The Hall–Kier alpha value is -3.01. The van der Waals surface area contributed by atoms with Crippen LogP contribution in [0.25, 0.3) is 21.9 Å². The number of allylic oxidation sites excluding steroid dienone is 4. The molecule has 3 rings (SSSR count). The number of furan rings is 1. The Morgan fingerprint density at radius 3 is 2.80 bits per heavy atom. The number of benzene rings is 1. The van der Waals surface area contributed by atoms with Crippen LogP contribution in [0.4, 0.5) is 0 Å². The predicted molar refractivity (Wildman–Crippen MR) is 100 cm³/mol. The van der Waals surface area contributed by atoms with E-state index in [4.69, 9.17) is 13.6 Å². The van der Waals surface area contributed by atoms with Crippen LogP contribution < -0.4 is 10.4 Å². The lowest BCUT2D eigenvalue weighted by molar-refractivity contribution is 0.369. The average molecular weight is 336 g/mol. The summed E-state index contributed by atoms with van der Waals surface area (Å²) in [4.78, 5) is 11.5. The lowest BCUT2D eigenvalue weighted by Gasteiger charge is -2.08. The van der Waals surface area contributed by atoms with Crippen molar-refractivity contribution in [2.45, 2.75) is 20.3 Å². The van der Waals surface area contributed by atoms with Gasteiger partial charge in [0.25, 0.3) is 0 Å². The second-order valence-corrected chi connectivity index (χ2v) is 6.02. The summed E-state index contributed by atoms with van der Waals surface area (Å²) in [5, 5.41) is 1.61. The summed E-state index contributed by atoms with van der Waals surface area (Å²) in [5.74, 6) is 0.659. The van der Waals surface area contributed by atoms with Gasteiger partial charge in [0.1, 0.15) is 23.5 Å². The molecule has 0 unspecified atom stereocenters. The molecule has 2 heterocycles. The molecule has 0 atom stereocenters. The van der Waals surface area contributed by atoms with Crippen LogP contribution in [0.2, 0.25) is 0 Å². The molecule has 25 heavy (non-hydrogen) atoms. The maximum atomic E-state index is 11.5. The highest BCUT2D eigenvalue weighted by Gasteiger charge is 2.12. The first kappa shape index (κ1) is 16.8. The van der Waals surface area contributed by atoms with Gasteiger partial charge in [-0.25, -0.2) is 4.79 Å². The highest BCUT2D eigenvalue weighted by atomic mass is 16.5. The molecule has 4 heteroatoms. The topological polar surface area (TPSA) is 52.6 Å². The quantitative estimate of drug-likeness (QED) is 0.344. The second-order valence-electron chi connectivity index (χ2n) is 6.02. The number of fused-ring (bicyclic) bond motifs is 2. The molecule has 0 N–H and O–H groups in total. The van der Waals surface area contributed by atoms with Crippen molar-refractivity contribution in [1.82, 2.24) is 0 Å². The fraction of sp³-hybridized carbons (Fsp3) is 0.190. The van der Waals surface area contributed by atoms with Crippen LogP contribution >= 0.6 is 0 Å². The molecule has 0 aliphatic rings. The highest BCUT2D eigenvalue weighted by molar-refractivity contribution is 6.01. The van der Waals surface area contributed by atoms with Crippen LogP contribution in [0.1, 0.15) is 20.3 Å². The molecule has 0 aliphatic heterocycles. The van der Waals surface area contributed by atoms with E-state index in [9.17, 15) is 4.79 Å². The fourth-order valence-corrected chi connectivity index (χ4v) is 2.56. The van der Waals surface area contributed by atoms with E-state index in [0.29, 0.717) is 23.5 Å². The zero-order chi connectivity index (χ0) is 17.8. The Labute approximate surface area is 145 Å². The number of rotatable bonds is 6. The maximum Gasteiger partial charge on any atom is 0.336 e. The number of hydrogen-bond acceptors (Lipinski definition) is 4. The van der Waals surface area contributed by atoms with Gasteiger partial charge in [-0.05, 0) is 38.5 Å². The molecule has 128 valence electrons. The molecule has 3 aromatic rings. The third kappa shape index (κ3) is 3.91. The van der Waals surface area contributed by atoms with Crippen molar-refractivity contribution < 1.29 is 13.6 Å². The van der Waals surface area contributed by atoms with Gasteiger partial charge in [-0.2, -0.15) is 0 Å². The molecule has 0 saturated carbocycles. The van der Waals surface area contributed by atoms with Gasteiger partial charge in [0, 0.05) is 12.1 Å². The van der Waals surface area contributed by atoms with Crippen molar-refractivity contribution in [2.75, 3.05) is 6.61 Å². The molecule has 0 fully saturated rings. The minimum Gasteiger partial charge on any atom is -0.488 e. The highest BCUT2D eigenvalue weighted by Crippen LogP contribution is 2.35. The molecule has 0 spiro atoms. The van der Waals surface area contributed by atoms with Crippen molar-refractivity contribution in [1.29, 1.82) is 0 Å². The fourth-order valence-electron chi connectivity index (χ4n) is 2.56. The number of hydrogen-bond donors (Lipinski definition) is 0. The van der Waals surface area contributed by atoms with Gasteiger partial charge in [-0.3, -0.25) is 0 Å². The lowest BCUT2D eigenvalue weighted by atomic mass is 10.1. The van der Waals surface area contributed by atoms with Crippen molar-refractivity contribution in [2.24, 2.45) is 0 Å². The SMILES string of the molecule is C=C(C)C=CCC(C)=CCOc1c2ccoc2cc2oc(=O)ccc12. The van der Waals surface area contributed by atoms with Gasteiger partial charge in [-0.15, -0.1) is 0 Å². The zero-order valence-electron chi connectivity index (χ0n) is 14.4. The van der Waals surface area contributed by atoms with E-state index < -0.39 is 5.63 Å². The Bertz CT molecular complexity index is 1030.